The van der Waals surface area contributed by atoms with Gasteiger partial charge in [0.05, 0.1) is 24.7 Å². The molecule has 1 saturated heterocycles. The van der Waals surface area contributed by atoms with E-state index in [2.05, 4.69) is 17.0 Å². The Bertz CT molecular complexity index is 1620. The number of hydrogen-bond acceptors (Lipinski definition) is 10. The second-order valence-corrected chi connectivity index (χ2v) is 13.5. The van der Waals surface area contributed by atoms with Gasteiger partial charge in [-0.3, -0.25) is 19.0 Å². The number of alkyl halides is 1. The molecule has 47 heavy (non-hydrogen) atoms. The van der Waals surface area contributed by atoms with Crippen molar-refractivity contribution in [2.45, 2.75) is 76.5 Å². The summed E-state index contributed by atoms with van der Waals surface area (Å²) in [6.45, 7) is 8.66. The number of nitrogens with one attached hydrogen (secondary N) is 2. The van der Waals surface area contributed by atoms with Gasteiger partial charge in [-0.2, -0.15) is 5.09 Å². The van der Waals surface area contributed by atoms with Gasteiger partial charge in [0.2, 0.25) is 0 Å². The van der Waals surface area contributed by atoms with Crippen molar-refractivity contribution in [3.05, 3.63) is 84.2 Å². The second-order valence-electron chi connectivity index (χ2n) is 11.8. The lowest BCUT2D eigenvalue weighted by molar-refractivity contribution is -0.149. The number of ether oxygens (including phenoxy) is 3. The molecule has 3 aliphatic rings. The zero-order valence-electron chi connectivity index (χ0n) is 26.3. The molecule has 0 radical (unpaired) electrons. The van der Waals surface area contributed by atoms with Crippen LogP contribution in [0.15, 0.2) is 73.1 Å². The summed E-state index contributed by atoms with van der Waals surface area (Å²) in [6, 6.07) is 11.5. The molecular weight excluding hydrogens is 636 g/mol. The summed E-state index contributed by atoms with van der Waals surface area (Å²) in [5.41, 5.74) is -1.09. The van der Waals surface area contributed by atoms with Crippen molar-refractivity contribution in [3.63, 3.8) is 0 Å². The van der Waals surface area contributed by atoms with Crippen LogP contribution in [0.2, 0.25) is 0 Å². The van der Waals surface area contributed by atoms with Gasteiger partial charge >= 0.3 is 19.7 Å². The van der Waals surface area contributed by atoms with Crippen LogP contribution in [0.1, 0.15) is 56.1 Å². The summed E-state index contributed by atoms with van der Waals surface area (Å²) in [5, 5.41) is 15.8. The number of benzene rings is 2. The molecule has 3 heterocycles. The molecule has 3 aliphatic heterocycles. The van der Waals surface area contributed by atoms with E-state index in [9.17, 15) is 24.1 Å². The number of carbonyl (C=O) groups is 3. The third-order valence-electron chi connectivity index (χ3n) is 7.66. The summed E-state index contributed by atoms with van der Waals surface area (Å²) >= 11 is 0. The van der Waals surface area contributed by atoms with Crippen LogP contribution in [-0.2, 0) is 23.4 Å². The van der Waals surface area contributed by atoms with Crippen LogP contribution in [0.3, 0.4) is 0 Å². The second kappa shape index (κ2) is 13.6. The van der Waals surface area contributed by atoms with E-state index in [4.69, 9.17) is 23.3 Å². The van der Waals surface area contributed by atoms with Gasteiger partial charge in [-0.05, 0) is 51.5 Å². The number of amides is 2. The van der Waals surface area contributed by atoms with Crippen LogP contribution < -0.4 is 19.7 Å². The monoisotopic (exact) mass is 673 g/mol. The predicted octanol–water partition coefficient (Wildman–Crippen LogP) is 4.69. The van der Waals surface area contributed by atoms with Crippen molar-refractivity contribution < 1.29 is 51.7 Å². The Morgan fingerprint density at radius 3 is 2.64 bits per heavy atom. The molecule has 2 aromatic rings. The molecule has 2 unspecified atom stereocenters. The van der Waals surface area contributed by atoms with Crippen molar-refractivity contribution in [2.75, 3.05) is 6.61 Å². The maximum absolute atomic E-state index is 15.8. The highest BCUT2D eigenvalue weighted by molar-refractivity contribution is 7.52. The molecule has 1 fully saturated rings. The van der Waals surface area contributed by atoms with E-state index in [1.165, 1.54) is 37.4 Å². The third kappa shape index (κ3) is 7.58. The standard InChI is InChI=1S/C32H37FN3O10P/c1-18(2)43-29(39)20(4)35-47(41,42-17-27-28(38)32(5,33)30(45-27)36-14-13-19(3)34-31(36)40)46-22-11-12-23-24(37)16-25(44-26(23)15-22)21-9-7-6-8-10-21/h6-15,18,20,25,27-28,30,38H,3,16-17H2,1-2,4-5H3,(H,34,40)(H,35,41)/t20-,25?,27+,28+,30+,32+,47?/m0/s1. The number of Topliss-reactive ketones (excluding diaryl/α,β-unsaturated/α-hetero) is 1. The minimum absolute atomic E-state index is 0.0398. The molecule has 2 aromatic carbocycles. The normalized spacial score (nSPS) is 27.5. The summed E-state index contributed by atoms with van der Waals surface area (Å²) in [4.78, 5) is 38.9. The number of aliphatic hydroxyl groups excluding tert-OH is 1. The molecule has 0 bridgehead atoms. The smallest absolute Gasteiger partial charge is 0.459 e. The van der Waals surface area contributed by atoms with E-state index < -0.39 is 68.7 Å². The van der Waals surface area contributed by atoms with Gasteiger partial charge in [-0.15, -0.1) is 0 Å². The van der Waals surface area contributed by atoms with Gasteiger partial charge in [0.1, 0.15) is 35.9 Å². The van der Waals surface area contributed by atoms with E-state index in [-0.39, 0.29) is 29.4 Å². The van der Waals surface area contributed by atoms with E-state index in [0.717, 1.165) is 17.4 Å². The van der Waals surface area contributed by atoms with Crippen molar-refractivity contribution in [1.29, 1.82) is 0 Å². The topological polar surface area (TPSA) is 162 Å². The van der Waals surface area contributed by atoms with E-state index >= 15 is 4.39 Å². The maximum Gasteiger partial charge on any atom is 0.459 e. The lowest BCUT2D eigenvalue weighted by Crippen LogP contribution is -2.53. The first-order valence-corrected chi connectivity index (χ1v) is 16.5. The Morgan fingerprint density at radius 2 is 1.96 bits per heavy atom. The zero-order valence-corrected chi connectivity index (χ0v) is 27.1. The highest BCUT2D eigenvalue weighted by Crippen LogP contribution is 2.48. The van der Waals surface area contributed by atoms with Gasteiger partial charge in [-0.1, -0.05) is 36.9 Å². The number of urea groups is 1. The number of fused-ring (bicyclic) bond motifs is 1. The van der Waals surface area contributed by atoms with Crippen LogP contribution in [0.25, 0.3) is 0 Å². The summed E-state index contributed by atoms with van der Waals surface area (Å²) in [7, 11) is -4.54. The fourth-order valence-electron chi connectivity index (χ4n) is 5.26. The highest BCUT2D eigenvalue weighted by atomic mass is 31.2. The number of carbonyl (C=O) groups excluding carboxylic acids is 3. The molecule has 252 valence electrons. The Hall–Kier alpha value is -4.07. The van der Waals surface area contributed by atoms with Crippen molar-refractivity contribution in [1.82, 2.24) is 15.3 Å². The van der Waals surface area contributed by atoms with E-state index in [1.807, 2.05) is 30.3 Å². The molecule has 7 atom stereocenters. The Morgan fingerprint density at radius 1 is 1.23 bits per heavy atom. The first-order chi connectivity index (χ1) is 22.2. The first kappa shape index (κ1) is 34.3. The molecule has 13 nitrogen and oxygen atoms in total. The fraction of sp³-hybridized carbons (Fsp3) is 0.406. The number of aliphatic hydroxyl groups is 1. The average Bonchev–Trinajstić information content (AvgIpc) is 3.23. The lowest BCUT2D eigenvalue weighted by Gasteiger charge is -2.33. The minimum atomic E-state index is -4.54. The van der Waals surface area contributed by atoms with Crippen LogP contribution in [0, 0.1) is 0 Å². The van der Waals surface area contributed by atoms with Crippen LogP contribution >= 0.6 is 7.75 Å². The Kier molecular flexibility index (Phi) is 9.90. The maximum atomic E-state index is 15.8. The molecule has 0 aliphatic carbocycles. The fourth-order valence-corrected chi connectivity index (χ4v) is 6.75. The van der Waals surface area contributed by atoms with Gasteiger partial charge in [0, 0.05) is 18.0 Å². The minimum Gasteiger partial charge on any atom is -0.484 e. The van der Waals surface area contributed by atoms with Gasteiger partial charge in [-0.25, -0.2) is 13.8 Å². The quantitative estimate of drug-likeness (QED) is 0.224. The van der Waals surface area contributed by atoms with Crippen molar-refractivity contribution in [2.24, 2.45) is 0 Å². The van der Waals surface area contributed by atoms with E-state index in [0.29, 0.717) is 5.56 Å². The third-order valence-corrected chi connectivity index (χ3v) is 9.31. The zero-order chi connectivity index (χ0) is 34.1. The number of ketones is 1. The number of esters is 1. The van der Waals surface area contributed by atoms with Crippen molar-refractivity contribution in [3.8, 4) is 11.5 Å². The SMILES string of the molecule is C=C1C=CN([C@@H]2O[C@H](COP(=O)(N[C@@H](C)C(=O)OC(C)C)Oc3ccc4c(c3)OC(c3ccccc3)CC4=O)[C@@H](O)[C@@]2(C)F)C(=O)N1. The van der Waals surface area contributed by atoms with Crippen molar-refractivity contribution >= 4 is 25.5 Å². The van der Waals surface area contributed by atoms with Crippen LogP contribution in [0.4, 0.5) is 9.18 Å². The molecule has 2 amide bonds. The Labute approximate surface area is 271 Å². The number of hydrogen-bond donors (Lipinski definition) is 3. The molecule has 5 rings (SSSR count). The largest absolute Gasteiger partial charge is 0.484 e. The van der Waals surface area contributed by atoms with Gasteiger partial charge in [0.15, 0.2) is 17.7 Å². The number of halogens is 1. The summed E-state index contributed by atoms with van der Waals surface area (Å²) < 4.78 is 58.4. The van der Waals surface area contributed by atoms with Gasteiger partial charge < -0.3 is 29.2 Å². The van der Waals surface area contributed by atoms with Crippen LogP contribution in [-0.4, -0.2) is 70.6 Å². The van der Waals surface area contributed by atoms with Crippen LogP contribution in [0.5, 0.6) is 11.5 Å². The molecule has 0 spiro atoms. The molecule has 15 heteroatoms. The highest BCUT2D eigenvalue weighted by Gasteiger charge is 2.57. The van der Waals surface area contributed by atoms with Gasteiger partial charge in [0.25, 0.3) is 0 Å². The predicted molar refractivity (Wildman–Crippen MR) is 166 cm³/mol. The lowest BCUT2D eigenvalue weighted by atomic mass is 9.96. The Balaban J connectivity index is 1.37. The molecule has 0 aromatic heterocycles. The number of allylic oxidation sites excluding steroid dienone is 1. The molecular formula is C32H37FN3O10P. The molecule has 3 N–H and O–H groups in total. The summed E-state index contributed by atoms with van der Waals surface area (Å²) in [6.07, 6.45) is -3.03. The summed E-state index contributed by atoms with van der Waals surface area (Å²) in [5.74, 6) is -0.767. The number of rotatable bonds is 11. The first-order valence-electron chi connectivity index (χ1n) is 15.0. The molecule has 0 saturated carbocycles. The number of nitrogens with zero attached hydrogens (tertiary/aromatic N) is 1. The van der Waals surface area contributed by atoms with E-state index in [1.54, 1.807) is 13.8 Å². The average molecular weight is 674 g/mol.